The molecular weight excluding hydrogens is 355 g/mol. The molecular formula is C12H7Br2ClO. The van der Waals surface area contributed by atoms with Crippen molar-refractivity contribution in [2.75, 3.05) is 0 Å². The summed E-state index contributed by atoms with van der Waals surface area (Å²) < 4.78 is 7.59. The first-order valence-electron chi connectivity index (χ1n) is 4.53. The Bertz CT molecular complexity index is 494. The van der Waals surface area contributed by atoms with Crippen molar-refractivity contribution in [3.63, 3.8) is 0 Å². The quantitative estimate of drug-likeness (QED) is 0.670. The average molecular weight is 362 g/mol. The second kappa shape index (κ2) is 5.21. The van der Waals surface area contributed by atoms with Crippen LogP contribution in [-0.2, 0) is 0 Å². The lowest BCUT2D eigenvalue weighted by Gasteiger charge is -2.06. The third-order valence-electron chi connectivity index (χ3n) is 1.87. The molecule has 0 aliphatic rings. The zero-order chi connectivity index (χ0) is 11.5. The van der Waals surface area contributed by atoms with Crippen LogP contribution in [0.25, 0.3) is 0 Å². The zero-order valence-corrected chi connectivity index (χ0v) is 12.0. The SMILES string of the molecule is Clc1cccc(Oc2cc(Br)cc(Br)c2)c1. The molecule has 0 aromatic heterocycles. The number of rotatable bonds is 2. The lowest BCUT2D eigenvalue weighted by Crippen LogP contribution is -1.84. The van der Waals surface area contributed by atoms with E-state index in [1.807, 2.05) is 36.4 Å². The van der Waals surface area contributed by atoms with Crippen LogP contribution >= 0.6 is 43.5 Å². The Morgan fingerprint density at radius 3 is 2.19 bits per heavy atom. The Labute approximate surface area is 116 Å². The van der Waals surface area contributed by atoms with Crippen molar-refractivity contribution < 1.29 is 4.74 Å². The first-order valence-corrected chi connectivity index (χ1v) is 6.49. The molecule has 0 amide bonds. The van der Waals surface area contributed by atoms with E-state index < -0.39 is 0 Å². The van der Waals surface area contributed by atoms with Crippen molar-refractivity contribution >= 4 is 43.5 Å². The number of ether oxygens (including phenoxy) is 1. The molecule has 4 heteroatoms. The van der Waals surface area contributed by atoms with Gasteiger partial charge in [-0.05, 0) is 36.4 Å². The van der Waals surface area contributed by atoms with Crippen LogP contribution < -0.4 is 4.74 Å². The van der Waals surface area contributed by atoms with E-state index in [4.69, 9.17) is 16.3 Å². The Morgan fingerprint density at radius 1 is 0.875 bits per heavy atom. The number of hydrogen-bond donors (Lipinski definition) is 0. The summed E-state index contributed by atoms with van der Waals surface area (Å²) in [6.45, 7) is 0. The van der Waals surface area contributed by atoms with Crippen LogP contribution in [0.3, 0.4) is 0 Å². The molecule has 82 valence electrons. The van der Waals surface area contributed by atoms with Gasteiger partial charge >= 0.3 is 0 Å². The van der Waals surface area contributed by atoms with Crippen LogP contribution in [0.15, 0.2) is 51.4 Å². The largest absolute Gasteiger partial charge is 0.457 e. The highest BCUT2D eigenvalue weighted by Crippen LogP contribution is 2.29. The molecule has 0 bridgehead atoms. The van der Waals surface area contributed by atoms with Gasteiger partial charge in [0.15, 0.2) is 0 Å². The fourth-order valence-electron chi connectivity index (χ4n) is 1.25. The van der Waals surface area contributed by atoms with Gasteiger partial charge < -0.3 is 4.74 Å². The van der Waals surface area contributed by atoms with Crippen LogP contribution in [0.4, 0.5) is 0 Å². The van der Waals surface area contributed by atoms with Gasteiger partial charge in [0.05, 0.1) is 0 Å². The van der Waals surface area contributed by atoms with Crippen molar-refractivity contribution in [1.29, 1.82) is 0 Å². The third kappa shape index (κ3) is 3.24. The summed E-state index contributed by atoms with van der Waals surface area (Å²) in [6, 6.07) is 13.0. The maximum absolute atomic E-state index is 5.88. The number of halogens is 3. The lowest BCUT2D eigenvalue weighted by atomic mass is 10.3. The van der Waals surface area contributed by atoms with Gasteiger partial charge in [0, 0.05) is 14.0 Å². The van der Waals surface area contributed by atoms with Crippen molar-refractivity contribution in [1.82, 2.24) is 0 Å². The predicted molar refractivity (Wildman–Crippen MR) is 73.4 cm³/mol. The highest BCUT2D eigenvalue weighted by molar-refractivity contribution is 9.11. The minimum Gasteiger partial charge on any atom is -0.457 e. The molecule has 2 rings (SSSR count). The molecule has 0 fully saturated rings. The van der Waals surface area contributed by atoms with E-state index in [1.165, 1.54) is 0 Å². The molecule has 0 aliphatic carbocycles. The maximum atomic E-state index is 5.88. The van der Waals surface area contributed by atoms with Gasteiger partial charge in [0.1, 0.15) is 11.5 Å². The molecule has 1 nitrogen and oxygen atoms in total. The summed E-state index contributed by atoms with van der Waals surface area (Å²) in [5.41, 5.74) is 0. The van der Waals surface area contributed by atoms with Crippen LogP contribution in [0.5, 0.6) is 11.5 Å². The molecule has 0 atom stereocenters. The Balaban J connectivity index is 2.27. The van der Waals surface area contributed by atoms with Crippen molar-refractivity contribution in [3.8, 4) is 11.5 Å². The first-order chi connectivity index (χ1) is 7.63. The predicted octanol–water partition coefficient (Wildman–Crippen LogP) is 5.66. The van der Waals surface area contributed by atoms with Gasteiger partial charge in [-0.25, -0.2) is 0 Å². The first kappa shape index (κ1) is 12.0. The summed E-state index contributed by atoms with van der Waals surface area (Å²) in [6.07, 6.45) is 0. The van der Waals surface area contributed by atoms with Gasteiger partial charge in [-0.1, -0.05) is 49.5 Å². The van der Waals surface area contributed by atoms with E-state index in [0.717, 1.165) is 20.4 Å². The highest BCUT2D eigenvalue weighted by atomic mass is 79.9. The minimum absolute atomic E-state index is 0.659. The molecule has 2 aromatic rings. The van der Waals surface area contributed by atoms with Crippen molar-refractivity contribution in [3.05, 3.63) is 56.4 Å². The minimum atomic E-state index is 0.659. The van der Waals surface area contributed by atoms with Crippen LogP contribution in [-0.4, -0.2) is 0 Å². The third-order valence-corrected chi connectivity index (χ3v) is 3.02. The zero-order valence-electron chi connectivity index (χ0n) is 8.08. The summed E-state index contributed by atoms with van der Waals surface area (Å²) in [5, 5.41) is 0.659. The number of hydrogen-bond acceptors (Lipinski definition) is 1. The molecule has 16 heavy (non-hydrogen) atoms. The molecule has 0 heterocycles. The van der Waals surface area contributed by atoms with Gasteiger partial charge in [0.25, 0.3) is 0 Å². The van der Waals surface area contributed by atoms with E-state index in [0.29, 0.717) is 5.02 Å². The van der Waals surface area contributed by atoms with E-state index in [1.54, 1.807) is 6.07 Å². The van der Waals surface area contributed by atoms with E-state index in [-0.39, 0.29) is 0 Å². The molecule has 0 saturated carbocycles. The topological polar surface area (TPSA) is 9.23 Å². The van der Waals surface area contributed by atoms with Gasteiger partial charge in [-0.2, -0.15) is 0 Å². The molecule has 2 aromatic carbocycles. The lowest BCUT2D eigenvalue weighted by molar-refractivity contribution is 0.482. The maximum Gasteiger partial charge on any atom is 0.129 e. The van der Waals surface area contributed by atoms with Gasteiger partial charge in [0.2, 0.25) is 0 Å². The molecule has 0 aliphatic heterocycles. The monoisotopic (exact) mass is 360 g/mol. The van der Waals surface area contributed by atoms with Gasteiger partial charge in [-0.3, -0.25) is 0 Å². The van der Waals surface area contributed by atoms with Crippen LogP contribution in [0.1, 0.15) is 0 Å². The van der Waals surface area contributed by atoms with E-state index in [9.17, 15) is 0 Å². The van der Waals surface area contributed by atoms with Crippen LogP contribution in [0.2, 0.25) is 5.02 Å². The summed E-state index contributed by atoms with van der Waals surface area (Å²) in [4.78, 5) is 0. The molecule has 0 unspecified atom stereocenters. The molecule has 0 saturated heterocycles. The molecule has 0 N–H and O–H groups in total. The summed E-state index contributed by atoms with van der Waals surface area (Å²) in [7, 11) is 0. The van der Waals surface area contributed by atoms with Crippen LogP contribution in [0, 0.1) is 0 Å². The molecule has 0 radical (unpaired) electrons. The van der Waals surface area contributed by atoms with Crippen molar-refractivity contribution in [2.45, 2.75) is 0 Å². The van der Waals surface area contributed by atoms with Crippen molar-refractivity contribution in [2.24, 2.45) is 0 Å². The Kier molecular flexibility index (Phi) is 3.90. The Hall–Kier alpha value is -0.510. The van der Waals surface area contributed by atoms with E-state index in [2.05, 4.69) is 31.9 Å². The summed E-state index contributed by atoms with van der Waals surface area (Å²) in [5.74, 6) is 1.47. The standard InChI is InChI=1S/C12H7Br2ClO/c13-8-4-9(14)6-12(5-8)16-11-3-1-2-10(15)7-11/h1-7H. The highest BCUT2D eigenvalue weighted by Gasteiger charge is 2.01. The fraction of sp³-hybridized carbons (Fsp3) is 0. The Morgan fingerprint density at radius 2 is 1.56 bits per heavy atom. The van der Waals surface area contributed by atoms with Gasteiger partial charge in [-0.15, -0.1) is 0 Å². The number of benzene rings is 2. The smallest absolute Gasteiger partial charge is 0.129 e. The summed E-state index contributed by atoms with van der Waals surface area (Å²) >= 11 is 12.7. The normalized spacial score (nSPS) is 10.2. The molecule has 0 spiro atoms. The average Bonchev–Trinajstić information content (AvgIpc) is 2.15. The van der Waals surface area contributed by atoms with E-state index >= 15 is 0 Å². The second-order valence-corrected chi connectivity index (χ2v) is 5.43. The second-order valence-electron chi connectivity index (χ2n) is 3.16. The fourth-order valence-corrected chi connectivity index (χ4v) is 2.69.